The summed E-state index contributed by atoms with van der Waals surface area (Å²) in [4.78, 5) is 0.403. The summed E-state index contributed by atoms with van der Waals surface area (Å²) >= 11 is 0. The smallest absolute Gasteiger partial charge is 0.207 e. The van der Waals surface area contributed by atoms with Crippen molar-refractivity contribution in [1.29, 1.82) is 0 Å². The fourth-order valence-corrected chi connectivity index (χ4v) is 5.42. The Morgan fingerprint density at radius 3 is 2.12 bits per heavy atom. The number of sulfonamides is 1. The molecule has 0 fully saturated rings. The molecule has 1 atom stereocenters. The van der Waals surface area contributed by atoms with Crippen molar-refractivity contribution in [3.63, 3.8) is 0 Å². The van der Waals surface area contributed by atoms with Crippen LogP contribution in [0, 0.1) is 0 Å². The Bertz CT molecular complexity index is 1090. The van der Waals surface area contributed by atoms with Gasteiger partial charge in [0.2, 0.25) is 10.0 Å². The van der Waals surface area contributed by atoms with Gasteiger partial charge in [0.15, 0.2) is 0 Å². The van der Waals surface area contributed by atoms with Gasteiger partial charge in [-0.2, -0.15) is 4.31 Å². The van der Waals surface area contributed by atoms with Crippen LogP contribution in [0.4, 0.5) is 0 Å². The fourth-order valence-electron chi connectivity index (χ4n) is 3.83. The number of benzene rings is 3. The third kappa shape index (κ3) is 1.78. The van der Waals surface area contributed by atoms with Gasteiger partial charge in [0.1, 0.15) is 0 Å². The lowest BCUT2D eigenvalue weighted by Crippen LogP contribution is -2.28. The highest BCUT2D eigenvalue weighted by atomic mass is 32.2. The lowest BCUT2D eigenvalue weighted by Gasteiger charge is -2.19. The van der Waals surface area contributed by atoms with Gasteiger partial charge < -0.3 is 0 Å². The summed E-state index contributed by atoms with van der Waals surface area (Å²) in [5.41, 5.74) is 6.23. The molecule has 0 spiro atoms. The highest BCUT2D eigenvalue weighted by Crippen LogP contribution is 2.44. The summed E-state index contributed by atoms with van der Waals surface area (Å²) in [5, 5.41) is 0. The van der Waals surface area contributed by atoms with E-state index in [1.54, 1.807) is 16.4 Å². The molecule has 3 nitrogen and oxygen atoms in total. The average molecular weight is 333 g/mol. The molecule has 0 amide bonds. The van der Waals surface area contributed by atoms with Crippen LogP contribution in [0.1, 0.15) is 11.1 Å². The van der Waals surface area contributed by atoms with Crippen molar-refractivity contribution < 1.29 is 8.42 Å². The van der Waals surface area contributed by atoms with Gasteiger partial charge in [0.05, 0.1) is 4.90 Å². The van der Waals surface area contributed by atoms with Gasteiger partial charge in [-0.3, -0.25) is 0 Å². The van der Waals surface area contributed by atoms with Gasteiger partial charge in [-0.25, -0.2) is 8.42 Å². The van der Waals surface area contributed by atoms with Crippen molar-refractivity contribution in [2.45, 2.75) is 18.0 Å². The molecule has 3 aromatic rings. The zero-order chi connectivity index (χ0) is 16.3. The molecule has 0 saturated heterocycles. The van der Waals surface area contributed by atoms with E-state index in [2.05, 4.69) is 12.1 Å². The van der Waals surface area contributed by atoms with E-state index < -0.39 is 10.0 Å². The highest BCUT2D eigenvalue weighted by Gasteiger charge is 2.35. The quantitative estimate of drug-likeness (QED) is 0.623. The molecule has 0 saturated carbocycles. The Labute approximate surface area is 141 Å². The lowest BCUT2D eigenvalue weighted by atomic mass is 9.91. The van der Waals surface area contributed by atoms with E-state index in [1.807, 2.05) is 42.5 Å². The van der Waals surface area contributed by atoms with E-state index in [-0.39, 0.29) is 0 Å². The van der Waals surface area contributed by atoms with Gasteiger partial charge in [0.25, 0.3) is 0 Å². The Morgan fingerprint density at radius 1 is 0.667 bits per heavy atom. The molecule has 4 heteroatoms. The third-order valence-corrected chi connectivity index (χ3v) is 6.81. The summed E-state index contributed by atoms with van der Waals surface area (Å²) in [7, 11) is -3.53. The molecule has 24 heavy (non-hydrogen) atoms. The number of nitrogens with zero attached hydrogens (tertiary/aromatic N) is 1. The molecule has 2 aliphatic heterocycles. The summed E-state index contributed by atoms with van der Waals surface area (Å²) in [6.45, 7) is 0.818. The minimum atomic E-state index is -3.53. The fraction of sp³-hybridized carbons (Fsp3) is 0.100. The zero-order valence-electron chi connectivity index (χ0n) is 12.9. The van der Waals surface area contributed by atoms with Crippen LogP contribution in [0.5, 0.6) is 0 Å². The molecule has 2 heterocycles. The monoisotopic (exact) mass is 333 g/mol. The first-order chi connectivity index (χ1) is 11.7. The lowest BCUT2D eigenvalue weighted by molar-refractivity contribution is 0.407. The summed E-state index contributed by atoms with van der Waals surface area (Å²) in [6, 6.07) is 21.6. The Morgan fingerprint density at radius 2 is 1.29 bits per heavy atom. The predicted octanol–water partition coefficient (Wildman–Crippen LogP) is 4.04. The topological polar surface area (TPSA) is 37.4 Å². The first-order valence-electron chi connectivity index (χ1n) is 7.96. The number of hydrogen-bond donors (Lipinski definition) is 0. The van der Waals surface area contributed by atoms with Crippen LogP contribution in [-0.4, -0.2) is 12.7 Å². The molecule has 0 N–H and O–H groups in total. The first-order valence-corrected chi connectivity index (χ1v) is 9.40. The third-order valence-electron chi connectivity index (χ3n) is 4.96. The minimum absolute atomic E-state index is 0.403. The summed E-state index contributed by atoms with van der Waals surface area (Å²) < 4.78 is 28.1. The second-order valence-electron chi connectivity index (χ2n) is 6.26. The Hall–Kier alpha value is -2.43. The zero-order valence-corrected chi connectivity index (χ0v) is 13.8. The standard InChI is InChI=1S/C20H15NO2S/c22-24(23)20-11-4-3-8-18(20)17-10-5-9-16-15-7-2-1-6-14(15)12-21(24)13-19(16)17/h1-11H,12-13H2. The molecule has 2 aliphatic rings. The van der Waals surface area contributed by atoms with Crippen LogP contribution >= 0.6 is 0 Å². The van der Waals surface area contributed by atoms with E-state index in [0.29, 0.717) is 18.0 Å². The molecule has 2 bridgehead atoms. The maximum atomic E-state index is 13.2. The van der Waals surface area contributed by atoms with Crippen molar-refractivity contribution in [2.75, 3.05) is 0 Å². The van der Waals surface area contributed by atoms with E-state index >= 15 is 0 Å². The normalized spacial score (nSPS) is 19.6. The molecule has 1 unspecified atom stereocenters. The summed E-state index contributed by atoms with van der Waals surface area (Å²) in [5.74, 6) is 0. The van der Waals surface area contributed by atoms with Crippen molar-refractivity contribution in [3.05, 3.63) is 77.9 Å². The minimum Gasteiger partial charge on any atom is -0.207 e. The van der Waals surface area contributed by atoms with Crippen LogP contribution in [0.15, 0.2) is 71.6 Å². The van der Waals surface area contributed by atoms with E-state index in [1.165, 1.54) is 0 Å². The second-order valence-corrected chi connectivity index (χ2v) is 8.16. The highest BCUT2D eigenvalue weighted by molar-refractivity contribution is 7.89. The van der Waals surface area contributed by atoms with Crippen LogP contribution in [-0.2, 0) is 23.1 Å². The molecule has 3 aromatic carbocycles. The molecule has 0 aromatic heterocycles. The molecular weight excluding hydrogens is 318 g/mol. The van der Waals surface area contributed by atoms with Gasteiger partial charge in [-0.15, -0.1) is 0 Å². The van der Waals surface area contributed by atoms with Crippen LogP contribution in [0.25, 0.3) is 22.3 Å². The summed E-state index contributed by atoms with van der Waals surface area (Å²) in [6.07, 6.45) is 0. The van der Waals surface area contributed by atoms with Gasteiger partial charge in [0, 0.05) is 18.7 Å². The molecular formula is C20H15NO2S. The second kappa shape index (κ2) is 4.79. The van der Waals surface area contributed by atoms with Crippen molar-refractivity contribution in [3.8, 4) is 22.3 Å². The molecule has 0 radical (unpaired) electrons. The Kier molecular flexibility index (Phi) is 2.78. The van der Waals surface area contributed by atoms with Crippen molar-refractivity contribution in [2.24, 2.45) is 0 Å². The van der Waals surface area contributed by atoms with Crippen molar-refractivity contribution >= 4 is 10.0 Å². The first kappa shape index (κ1) is 14.0. The van der Waals surface area contributed by atoms with Gasteiger partial charge in [-0.05, 0) is 33.9 Å². The SMILES string of the molecule is O=S1(=O)c2ccccc2-c2cccc3c2CN1Cc1ccccc1-3. The van der Waals surface area contributed by atoms with Crippen LogP contribution < -0.4 is 0 Å². The van der Waals surface area contributed by atoms with Crippen LogP contribution in [0.2, 0.25) is 0 Å². The van der Waals surface area contributed by atoms with Crippen LogP contribution in [0.3, 0.4) is 0 Å². The van der Waals surface area contributed by atoms with E-state index in [9.17, 15) is 8.42 Å². The van der Waals surface area contributed by atoms with E-state index in [4.69, 9.17) is 0 Å². The molecule has 5 rings (SSSR count). The van der Waals surface area contributed by atoms with Crippen molar-refractivity contribution in [1.82, 2.24) is 4.31 Å². The van der Waals surface area contributed by atoms with E-state index in [0.717, 1.165) is 33.4 Å². The predicted molar refractivity (Wildman–Crippen MR) is 93.7 cm³/mol. The average Bonchev–Trinajstić information content (AvgIpc) is 2.83. The molecule has 118 valence electrons. The maximum absolute atomic E-state index is 13.2. The number of rotatable bonds is 0. The largest absolute Gasteiger partial charge is 0.244 e. The number of hydrogen-bond acceptors (Lipinski definition) is 2. The van der Waals surface area contributed by atoms with Gasteiger partial charge in [-0.1, -0.05) is 60.7 Å². The maximum Gasteiger partial charge on any atom is 0.244 e. The molecule has 0 aliphatic carbocycles. The van der Waals surface area contributed by atoms with Gasteiger partial charge >= 0.3 is 0 Å². The number of fused-ring (bicyclic) bond motifs is 5. The Balaban J connectivity index is 1.97.